The number of benzene rings is 1. The minimum absolute atomic E-state index is 0.0841. The van der Waals surface area contributed by atoms with Crippen LogP contribution in [0.2, 0.25) is 0 Å². The minimum atomic E-state index is -0.386. The van der Waals surface area contributed by atoms with Crippen LogP contribution in [0.25, 0.3) is 10.6 Å². The molecule has 7 heteroatoms. The molecule has 0 saturated carbocycles. The van der Waals surface area contributed by atoms with Gasteiger partial charge in [0.05, 0.1) is 16.7 Å². The second kappa shape index (κ2) is 7.38. The van der Waals surface area contributed by atoms with Gasteiger partial charge in [-0.2, -0.15) is 0 Å². The zero-order valence-electron chi connectivity index (χ0n) is 13.6. The fourth-order valence-electron chi connectivity index (χ4n) is 3.24. The summed E-state index contributed by atoms with van der Waals surface area (Å²) in [5, 5.41) is 23.4. The summed E-state index contributed by atoms with van der Waals surface area (Å²) in [5.74, 6) is 0. The Kier molecular flexibility index (Phi) is 5.23. The smallest absolute Gasteiger partial charge is 0.270 e. The predicted molar refractivity (Wildman–Crippen MR) is 93.9 cm³/mol. The predicted octanol–water partition coefficient (Wildman–Crippen LogP) is 3.45. The van der Waals surface area contributed by atoms with Gasteiger partial charge in [0.15, 0.2) is 0 Å². The summed E-state index contributed by atoms with van der Waals surface area (Å²) in [6.07, 6.45) is 2.78. The Hall–Kier alpha value is -1.83. The van der Waals surface area contributed by atoms with Crippen molar-refractivity contribution in [3.63, 3.8) is 0 Å². The van der Waals surface area contributed by atoms with Crippen molar-refractivity contribution in [2.45, 2.75) is 44.9 Å². The quantitative estimate of drug-likeness (QED) is 0.639. The van der Waals surface area contributed by atoms with Gasteiger partial charge in [-0.05, 0) is 32.7 Å². The lowest BCUT2D eigenvalue weighted by molar-refractivity contribution is -0.384. The summed E-state index contributed by atoms with van der Waals surface area (Å²) >= 11 is 1.51. The third kappa shape index (κ3) is 3.98. The van der Waals surface area contributed by atoms with Gasteiger partial charge in [0.2, 0.25) is 0 Å². The van der Waals surface area contributed by atoms with Gasteiger partial charge in [-0.1, -0.05) is 12.1 Å². The summed E-state index contributed by atoms with van der Waals surface area (Å²) < 4.78 is 0. The number of nitro groups is 1. The van der Waals surface area contributed by atoms with Gasteiger partial charge in [0.25, 0.3) is 5.69 Å². The molecule has 2 aromatic rings. The Labute approximate surface area is 144 Å². The number of aliphatic hydroxyl groups excluding tert-OH is 1. The molecule has 1 aliphatic rings. The summed E-state index contributed by atoms with van der Waals surface area (Å²) in [5.41, 5.74) is 1.85. The molecule has 1 saturated heterocycles. The van der Waals surface area contributed by atoms with E-state index in [4.69, 9.17) is 0 Å². The lowest BCUT2D eigenvalue weighted by Gasteiger charge is -2.24. The van der Waals surface area contributed by atoms with Crippen LogP contribution >= 0.6 is 11.3 Å². The largest absolute Gasteiger partial charge is 0.393 e. The van der Waals surface area contributed by atoms with Crippen molar-refractivity contribution in [2.75, 3.05) is 6.54 Å². The first kappa shape index (κ1) is 17.0. The lowest BCUT2D eigenvalue weighted by atomic mass is 10.1. The number of likely N-dealkylation sites (tertiary alicyclic amines) is 1. The molecule has 1 aromatic heterocycles. The lowest BCUT2D eigenvalue weighted by Crippen LogP contribution is -2.31. The molecule has 0 aliphatic carbocycles. The third-order valence-corrected chi connectivity index (χ3v) is 5.27. The van der Waals surface area contributed by atoms with E-state index in [0.29, 0.717) is 6.04 Å². The third-order valence-electron chi connectivity index (χ3n) is 4.33. The molecule has 0 radical (unpaired) electrons. The highest BCUT2D eigenvalue weighted by molar-refractivity contribution is 7.13. The van der Waals surface area contributed by atoms with Crippen molar-refractivity contribution in [3.05, 3.63) is 45.5 Å². The molecule has 1 aromatic carbocycles. The summed E-state index contributed by atoms with van der Waals surface area (Å²) in [6, 6.07) is 7.00. The number of hydrogen-bond donors (Lipinski definition) is 1. The monoisotopic (exact) mass is 347 g/mol. The second-order valence-electron chi connectivity index (χ2n) is 6.30. The Bertz CT molecular complexity index is 717. The normalized spacial score (nSPS) is 19.5. The van der Waals surface area contributed by atoms with Crippen LogP contribution in [0.1, 0.15) is 31.9 Å². The standard InChI is InChI=1S/C17H21N3O3S/c1-12(21)8-15-6-3-7-19(15)10-14-11-24-17(18-14)13-4-2-5-16(9-13)20(22)23/h2,4-5,9,11-12,15,21H,3,6-8,10H2,1H3. The number of thiazole rings is 1. The van der Waals surface area contributed by atoms with Crippen LogP contribution in [-0.2, 0) is 6.54 Å². The molecule has 0 spiro atoms. The zero-order valence-corrected chi connectivity index (χ0v) is 14.4. The van der Waals surface area contributed by atoms with Gasteiger partial charge in [0.1, 0.15) is 5.01 Å². The van der Waals surface area contributed by atoms with Crippen molar-refractivity contribution < 1.29 is 10.0 Å². The summed E-state index contributed by atoms with van der Waals surface area (Å²) in [4.78, 5) is 17.5. The van der Waals surface area contributed by atoms with Crippen LogP contribution < -0.4 is 0 Å². The summed E-state index contributed by atoms with van der Waals surface area (Å²) in [7, 11) is 0. The average molecular weight is 347 g/mol. The van der Waals surface area contributed by atoms with Crippen LogP contribution in [0, 0.1) is 10.1 Å². The molecular weight excluding hydrogens is 326 g/mol. The molecule has 1 N–H and O–H groups in total. The van der Waals surface area contributed by atoms with E-state index in [9.17, 15) is 15.2 Å². The van der Waals surface area contributed by atoms with Crippen molar-refractivity contribution >= 4 is 17.0 Å². The molecule has 2 atom stereocenters. The van der Waals surface area contributed by atoms with Crippen LogP contribution in [0.3, 0.4) is 0 Å². The maximum atomic E-state index is 10.9. The van der Waals surface area contributed by atoms with E-state index >= 15 is 0 Å². The highest BCUT2D eigenvalue weighted by Crippen LogP contribution is 2.29. The Morgan fingerprint density at radius 3 is 3.12 bits per heavy atom. The Morgan fingerprint density at radius 1 is 1.54 bits per heavy atom. The highest BCUT2D eigenvalue weighted by atomic mass is 32.1. The number of non-ortho nitro benzene ring substituents is 1. The first-order valence-electron chi connectivity index (χ1n) is 8.14. The Morgan fingerprint density at radius 2 is 2.38 bits per heavy atom. The average Bonchev–Trinajstić information content (AvgIpc) is 3.17. The first-order chi connectivity index (χ1) is 11.5. The van der Waals surface area contributed by atoms with E-state index in [0.717, 1.165) is 48.6 Å². The van der Waals surface area contributed by atoms with Gasteiger partial charge in [0, 0.05) is 35.7 Å². The fourth-order valence-corrected chi connectivity index (χ4v) is 4.04. The topological polar surface area (TPSA) is 79.5 Å². The Balaban J connectivity index is 1.71. The molecule has 2 unspecified atom stereocenters. The molecule has 24 heavy (non-hydrogen) atoms. The van der Waals surface area contributed by atoms with E-state index in [1.54, 1.807) is 12.1 Å². The second-order valence-corrected chi connectivity index (χ2v) is 7.16. The molecule has 128 valence electrons. The van der Waals surface area contributed by atoms with Crippen LogP contribution in [0.15, 0.2) is 29.6 Å². The molecule has 6 nitrogen and oxygen atoms in total. The van der Waals surface area contributed by atoms with Crippen LogP contribution in [0.4, 0.5) is 5.69 Å². The maximum Gasteiger partial charge on any atom is 0.270 e. The molecule has 3 rings (SSSR count). The number of rotatable bonds is 6. The zero-order chi connectivity index (χ0) is 17.1. The SMILES string of the molecule is CC(O)CC1CCCN1Cc1csc(-c2cccc([N+](=O)[O-])c2)n1. The van der Waals surface area contributed by atoms with Gasteiger partial charge in [-0.15, -0.1) is 11.3 Å². The molecule has 1 fully saturated rings. The van der Waals surface area contributed by atoms with Gasteiger partial charge < -0.3 is 5.11 Å². The number of nitrogens with zero attached hydrogens (tertiary/aromatic N) is 3. The van der Waals surface area contributed by atoms with E-state index in [-0.39, 0.29) is 16.7 Å². The van der Waals surface area contributed by atoms with Gasteiger partial charge in [-0.25, -0.2) is 4.98 Å². The van der Waals surface area contributed by atoms with Crippen LogP contribution in [0.5, 0.6) is 0 Å². The highest BCUT2D eigenvalue weighted by Gasteiger charge is 2.26. The van der Waals surface area contributed by atoms with E-state index in [1.165, 1.54) is 17.4 Å². The number of aromatic nitrogens is 1. The van der Waals surface area contributed by atoms with Gasteiger partial charge >= 0.3 is 0 Å². The molecule has 1 aliphatic heterocycles. The first-order valence-corrected chi connectivity index (χ1v) is 9.02. The van der Waals surface area contributed by atoms with Crippen molar-refractivity contribution in [2.24, 2.45) is 0 Å². The van der Waals surface area contributed by atoms with Crippen molar-refractivity contribution in [1.29, 1.82) is 0 Å². The molecule has 0 bridgehead atoms. The van der Waals surface area contributed by atoms with E-state index in [2.05, 4.69) is 9.88 Å². The number of nitro benzene ring substituents is 1. The molecular formula is C17H21N3O3S. The number of hydrogen-bond acceptors (Lipinski definition) is 6. The minimum Gasteiger partial charge on any atom is -0.393 e. The summed E-state index contributed by atoms with van der Waals surface area (Å²) in [6.45, 7) is 3.63. The fraction of sp³-hybridized carbons (Fsp3) is 0.471. The maximum absolute atomic E-state index is 10.9. The molecule has 2 heterocycles. The van der Waals surface area contributed by atoms with E-state index in [1.807, 2.05) is 18.4 Å². The molecule has 0 amide bonds. The number of aliphatic hydroxyl groups is 1. The van der Waals surface area contributed by atoms with Crippen LogP contribution in [-0.4, -0.2) is 38.6 Å². The van der Waals surface area contributed by atoms with Gasteiger partial charge in [-0.3, -0.25) is 15.0 Å². The van der Waals surface area contributed by atoms with Crippen molar-refractivity contribution in [1.82, 2.24) is 9.88 Å². The van der Waals surface area contributed by atoms with E-state index < -0.39 is 0 Å². The van der Waals surface area contributed by atoms with Crippen molar-refractivity contribution in [3.8, 4) is 10.6 Å².